The summed E-state index contributed by atoms with van der Waals surface area (Å²) in [6.45, 7) is -0.527. The van der Waals surface area contributed by atoms with Gasteiger partial charge in [0.15, 0.2) is 0 Å². The van der Waals surface area contributed by atoms with Crippen molar-refractivity contribution in [1.29, 1.82) is 0 Å². The molecule has 0 fully saturated rings. The highest BCUT2D eigenvalue weighted by Crippen LogP contribution is 2.19. The fourth-order valence-corrected chi connectivity index (χ4v) is 0.303. The fraction of sp³-hybridized carbons (Fsp3) is 1.00. The third kappa shape index (κ3) is 3.31. The molecule has 0 aromatic carbocycles. The van der Waals surface area contributed by atoms with Crippen LogP contribution in [0.5, 0.6) is 0 Å². The molecule has 0 aliphatic heterocycles. The average molecular weight is 143 g/mol. The van der Waals surface area contributed by atoms with Crippen molar-refractivity contribution in [3.05, 3.63) is 0 Å². The molecule has 9 heavy (non-hydrogen) atoms. The van der Waals surface area contributed by atoms with Crippen LogP contribution in [-0.4, -0.2) is 23.9 Å². The molecule has 1 atom stereocenters. The van der Waals surface area contributed by atoms with Crippen molar-refractivity contribution in [2.45, 2.75) is 18.6 Å². The number of halogens is 3. The second kappa shape index (κ2) is 3.03. The van der Waals surface area contributed by atoms with Crippen molar-refractivity contribution in [2.75, 3.05) is 6.61 Å². The summed E-state index contributed by atoms with van der Waals surface area (Å²) in [5, 5.41) is 8.02. The Morgan fingerprint density at radius 2 is 1.89 bits per heavy atom. The number of nitrogens with two attached hydrogens (primary N) is 1. The molecule has 0 spiro atoms. The molecule has 0 aromatic heterocycles. The second-order valence-corrected chi connectivity index (χ2v) is 1.66. The van der Waals surface area contributed by atoms with Crippen molar-refractivity contribution >= 4 is 0 Å². The van der Waals surface area contributed by atoms with Crippen LogP contribution in [0.4, 0.5) is 13.2 Å². The zero-order valence-electron chi connectivity index (χ0n) is 4.65. The summed E-state index contributed by atoms with van der Waals surface area (Å²) in [5.74, 6) is 0. The minimum absolute atomic E-state index is 0.427. The normalized spacial score (nSPS) is 15.7. The lowest BCUT2D eigenvalue weighted by Gasteiger charge is -2.12. The maximum Gasteiger partial charge on any atom is 0.403 e. The van der Waals surface area contributed by atoms with E-state index < -0.39 is 25.2 Å². The third-order valence-corrected chi connectivity index (χ3v) is 0.861. The number of hydrogen-bond donors (Lipinski definition) is 2. The lowest BCUT2D eigenvalue weighted by molar-refractivity contribution is -0.150. The van der Waals surface area contributed by atoms with Crippen LogP contribution in [0.3, 0.4) is 0 Å². The van der Waals surface area contributed by atoms with Gasteiger partial charge < -0.3 is 10.8 Å². The molecule has 0 unspecified atom stereocenters. The molecule has 0 aromatic rings. The van der Waals surface area contributed by atoms with E-state index in [4.69, 9.17) is 5.11 Å². The molecule has 5 heteroatoms. The lowest BCUT2D eigenvalue weighted by atomic mass is 10.2. The van der Waals surface area contributed by atoms with Crippen LogP contribution in [0.2, 0.25) is 0 Å². The minimum atomic E-state index is -4.37. The van der Waals surface area contributed by atoms with Crippen molar-refractivity contribution in [2.24, 2.45) is 5.73 Å². The van der Waals surface area contributed by atoms with Crippen molar-refractivity contribution < 1.29 is 18.3 Å². The van der Waals surface area contributed by atoms with Crippen LogP contribution in [0.25, 0.3) is 0 Å². The molecule has 0 radical (unpaired) electrons. The van der Waals surface area contributed by atoms with Gasteiger partial charge in [0, 0.05) is 6.61 Å². The lowest BCUT2D eigenvalue weighted by Crippen LogP contribution is -2.37. The zero-order chi connectivity index (χ0) is 7.49. The summed E-state index contributed by atoms with van der Waals surface area (Å²) >= 11 is 0. The van der Waals surface area contributed by atoms with E-state index in [1.54, 1.807) is 0 Å². The number of alkyl halides is 3. The number of aliphatic hydroxyl groups is 1. The Bertz CT molecular complexity index is 82.4. The van der Waals surface area contributed by atoms with Crippen molar-refractivity contribution in [3.63, 3.8) is 0 Å². The van der Waals surface area contributed by atoms with E-state index in [9.17, 15) is 13.2 Å². The molecule has 0 bridgehead atoms. The zero-order valence-corrected chi connectivity index (χ0v) is 4.65. The van der Waals surface area contributed by atoms with Gasteiger partial charge in [-0.1, -0.05) is 0 Å². The first-order valence-corrected chi connectivity index (χ1v) is 2.41. The maximum absolute atomic E-state index is 11.4. The summed E-state index contributed by atoms with van der Waals surface area (Å²) in [7, 11) is 0. The number of aliphatic hydroxyl groups excluding tert-OH is 1. The molecular formula is C4H8F3NO. The van der Waals surface area contributed by atoms with Crippen molar-refractivity contribution in [1.82, 2.24) is 0 Å². The average Bonchev–Trinajstić information content (AvgIpc) is 1.64. The Balaban J connectivity index is 3.59. The quantitative estimate of drug-likeness (QED) is 0.582. The van der Waals surface area contributed by atoms with Gasteiger partial charge in [-0.2, -0.15) is 13.2 Å². The van der Waals surface area contributed by atoms with Gasteiger partial charge >= 0.3 is 6.18 Å². The van der Waals surface area contributed by atoms with E-state index in [-0.39, 0.29) is 0 Å². The number of rotatable bonds is 2. The molecule has 56 valence electrons. The van der Waals surface area contributed by atoms with E-state index >= 15 is 0 Å². The fourth-order valence-electron chi connectivity index (χ4n) is 0.303. The van der Waals surface area contributed by atoms with E-state index in [1.165, 1.54) is 0 Å². The minimum Gasteiger partial charge on any atom is -0.396 e. The standard InChI is InChI=1S/C4H8F3NO/c5-4(6,7)3(8)1-2-9/h3,9H,1-2,8H2/t3-/m0/s1. The second-order valence-electron chi connectivity index (χ2n) is 1.66. The molecule has 0 amide bonds. The van der Waals surface area contributed by atoms with Gasteiger partial charge in [0.2, 0.25) is 0 Å². The van der Waals surface area contributed by atoms with Crippen LogP contribution in [-0.2, 0) is 0 Å². The van der Waals surface area contributed by atoms with Gasteiger partial charge in [0.05, 0.1) is 0 Å². The van der Waals surface area contributed by atoms with Crippen molar-refractivity contribution in [3.8, 4) is 0 Å². The highest BCUT2D eigenvalue weighted by atomic mass is 19.4. The van der Waals surface area contributed by atoms with Crippen LogP contribution in [0.1, 0.15) is 6.42 Å². The Hall–Kier alpha value is -0.290. The predicted octanol–water partition coefficient (Wildman–Crippen LogP) is 0.258. The van der Waals surface area contributed by atoms with Crippen LogP contribution in [0, 0.1) is 0 Å². The van der Waals surface area contributed by atoms with E-state index in [0.29, 0.717) is 0 Å². The molecule has 0 aliphatic carbocycles. The Kier molecular flexibility index (Phi) is 2.93. The molecule has 0 heterocycles. The molecule has 2 nitrogen and oxygen atoms in total. The summed E-state index contributed by atoms with van der Waals surface area (Å²) in [6, 6.07) is -1.89. The van der Waals surface area contributed by atoms with Gasteiger partial charge in [0.1, 0.15) is 6.04 Å². The molecule has 0 saturated heterocycles. The van der Waals surface area contributed by atoms with Crippen LogP contribution in [0.15, 0.2) is 0 Å². The first-order chi connectivity index (χ1) is 3.98. The molecular weight excluding hydrogens is 135 g/mol. The highest BCUT2D eigenvalue weighted by Gasteiger charge is 2.35. The maximum atomic E-state index is 11.4. The monoisotopic (exact) mass is 143 g/mol. The van der Waals surface area contributed by atoms with E-state index in [1.807, 2.05) is 0 Å². The van der Waals surface area contributed by atoms with E-state index in [2.05, 4.69) is 5.73 Å². The molecule has 0 rings (SSSR count). The first-order valence-electron chi connectivity index (χ1n) is 2.41. The Morgan fingerprint density at radius 1 is 1.44 bits per heavy atom. The van der Waals surface area contributed by atoms with Crippen LogP contribution >= 0.6 is 0 Å². The molecule has 0 saturated carbocycles. The summed E-state index contributed by atoms with van der Waals surface area (Å²) in [6.07, 6.45) is -4.80. The molecule has 3 N–H and O–H groups in total. The number of hydrogen-bond acceptors (Lipinski definition) is 2. The largest absolute Gasteiger partial charge is 0.403 e. The Morgan fingerprint density at radius 3 is 2.00 bits per heavy atom. The molecule has 0 aliphatic rings. The van der Waals surface area contributed by atoms with Gasteiger partial charge in [-0.25, -0.2) is 0 Å². The highest BCUT2D eigenvalue weighted by molar-refractivity contribution is 4.68. The first kappa shape index (κ1) is 8.71. The van der Waals surface area contributed by atoms with Crippen LogP contribution < -0.4 is 5.73 Å². The van der Waals surface area contributed by atoms with Gasteiger partial charge in [-0.05, 0) is 6.42 Å². The summed E-state index contributed by atoms with van der Waals surface area (Å²) in [5.41, 5.74) is 4.58. The van der Waals surface area contributed by atoms with Gasteiger partial charge in [-0.15, -0.1) is 0 Å². The summed E-state index contributed by atoms with van der Waals surface area (Å²) in [4.78, 5) is 0. The Labute approximate surface area is 50.5 Å². The van der Waals surface area contributed by atoms with Gasteiger partial charge in [0.25, 0.3) is 0 Å². The van der Waals surface area contributed by atoms with E-state index in [0.717, 1.165) is 0 Å². The topological polar surface area (TPSA) is 46.2 Å². The smallest absolute Gasteiger partial charge is 0.396 e. The third-order valence-electron chi connectivity index (χ3n) is 0.861. The SMILES string of the molecule is N[C@@H](CCO)C(F)(F)F. The van der Waals surface area contributed by atoms with Gasteiger partial charge in [-0.3, -0.25) is 0 Å². The summed E-state index contributed by atoms with van der Waals surface area (Å²) < 4.78 is 34.2. The predicted molar refractivity (Wildman–Crippen MR) is 25.7 cm³/mol.